The van der Waals surface area contributed by atoms with Gasteiger partial charge in [0.15, 0.2) is 0 Å². The number of hydrogen-bond donors (Lipinski definition) is 3. The van der Waals surface area contributed by atoms with E-state index in [1.54, 1.807) is 18.3 Å². The summed E-state index contributed by atoms with van der Waals surface area (Å²) in [6, 6.07) is 6.20. The second-order valence-electron chi connectivity index (χ2n) is 3.84. The van der Waals surface area contributed by atoms with Crippen molar-refractivity contribution in [1.29, 1.82) is 0 Å². The molecule has 102 valence electrons. The van der Waals surface area contributed by atoms with Crippen molar-refractivity contribution >= 4 is 27.0 Å². The van der Waals surface area contributed by atoms with E-state index in [1.165, 1.54) is 23.5 Å². The summed E-state index contributed by atoms with van der Waals surface area (Å²) in [4.78, 5) is 5.15. The number of thiazole rings is 1. The van der Waals surface area contributed by atoms with Crippen molar-refractivity contribution in [3.63, 3.8) is 0 Å². The van der Waals surface area contributed by atoms with Crippen molar-refractivity contribution in [2.45, 2.75) is 18.4 Å². The molecule has 0 aliphatic carbocycles. The molecule has 2 aromatic rings. The van der Waals surface area contributed by atoms with Gasteiger partial charge in [-0.3, -0.25) is 5.84 Å². The lowest BCUT2D eigenvalue weighted by Crippen LogP contribution is -2.22. The van der Waals surface area contributed by atoms with Gasteiger partial charge >= 0.3 is 0 Å². The SMILES string of the molecule is Cc1ncc(CNS(=O)(=O)c2ccc(NN)cc2)s1. The zero-order valence-corrected chi connectivity index (χ0v) is 11.9. The van der Waals surface area contributed by atoms with E-state index < -0.39 is 10.0 Å². The molecule has 0 radical (unpaired) electrons. The molecule has 1 heterocycles. The molecule has 0 unspecified atom stereocenters. The van der Waals surface area contributed by atoms with Crippen LogP contribution < -0.4 is 16.0 Å². The van der Waals surface area contributed by atoms with E-state index in [4.69, 9.17) is 5.84 Å². The first-order chi connectivity index (χ1) is 9.01. The van der Waals surface area contributed by atoms with Crippen molar-refractivity contribution in [3.05, 3.63) is 40.3 Å². The summed E-state index contributed by atoms with van der Waals surface area (Å²) in [5.41, 5.74) is 3.09. The maximum Gasteiger partial charge on any atom is 0.240 e. The predicted octanol–water partition coefficient (Wildman–Crippen LogP) is 1.22. The molecular weight excluding hydrogens is 284 g/mol. The highest BCUT2D eigenvalue weighted by Gasteiger charge is 2.13. The van der Waals surface area contributed by atoms with Gasteiger partial charge in [-0.1, -0.05) is 0 Å². The minimum atomic E-state index is -3.51. The van der Waals surface area contributed by atoms with Gasteiger partial charge in [0.25, 0.3) is 0 Å². The van der Waals surface area contributed by atoms with Crippen LogP contribution in [-0.4, -0.2) is 13.4 Å². The zero-order chi connectivity index (χ0) is 13.9. The highest BCUT2D eigenvalue weighted by molar-refractivity contribution is 7.89. The summed E-state index contributed by atoms with van der Waals surface area (Å²) >= 11 is 1.47. The molecule has 0 atom stereocenters. The van der Waals surface area contributed by atoms with Gasteiger partial charge in [0.05, 0.1) is 9.90 Å². The van der Waals surface area contributed by atoms with Gasteiger partial charge in [-0.05, 0) is 31.2 Å². The molecule has 19 heavy (non-hydrogen) atoms. The Morgan fingerprint density at radius 2 is 2.00 bits per heavy atom. The number of nitrogens with two attached hydrogens (primary N) is 1. The molecular formula is C11H14N4O2S2. The topological polar surface area (TPSA) is 97.1 Å². The summed E-state index contributed by atoms with van der Waals surface area (Å²) in [5, 5.41) is 0.910. The third-order valence-electron chi connectivity index (χ3n) is 2.44. The molecule has 1 aromatic heterocycles. The fourth-order valence-electron chi connectivity index (χ4n) is 1.47. The molecule has 4 N–H and O–H groups in total. The minimum absolute atomic E-state index is 0.202. The maximum absolute atomic E-state index is 12.0. The number of aromatic nitrogens is 1. The van der Waals surface area contributed by atoms with Crippen LogP contribution in [0, 0.1) is 6.92 Å². The molecule has 8 heteroatoms. The highest BCUT2D eigenvalue weighted by Crippen LogP contribution is 2.15. The molecule has 0 saturated heterocycles. The van der Waals surface area contributed by atoms with E-state index in [0.29, 0.717) is 5.69 Å². The van der Waals surface area contributed by atoms with E-state index in [-0.39, 0.29) is 11.4 Å². The molecule has 0 aliphatic rings. The Hall–Kier alpha value is -1.48. The van der Waals surface area contributed by atoms with Crippen LogP contribution in [0.3, 0.4) is 0 Å². The van der Waals surface area contributed by atoms with Gasteiger partial charge in [-0.15, -0.1) is 11.3 Å². The quantitative estimate of drug-likeness (QED) is 0.569. The number of aryl methyl sites for hydroxylation is 1. The molecule has 1 aromatic carbocycles. The van der Waals surface area contributed by atoms with Crippen molar-refractivity contribution in [2.24, 2.45) is 5.84 Å². The standard InChI is InChI=1S/C11H14N4O2S2/c1-8-13-6-10(18-8)7-14-19(16,17)11-4-2-9(15-12)3-5-11/h2-6,14-15H,7,12H2,1H3. The Kier molecular flexibility index (Phi) is 4.15. The Labute approximate surface area is 115 Å². The number of hydrogen-bond acceptors (Lipinski definition) is 6. The average molecular weight is 298 g/mol. The monoisotopic (exact) mass is 298 g/mol. The minimum Gasteiger partial charge on any atom is -0.324 e. The van der Waals surface area contributed by atoms with Gasteiger partial charge in [-0.25, -0.2) is 18.1 Å². The van der Waals surface area contributed by atoms with Gasteiger partial charge in [0, 0.05) is 23.3 Å². The lowest BCUT2D eigenvalue weighted by atomic mass is 10.3. The normalized spacial score (nSPS) is 11.5. The van der Waals surface area contributed by atoms with Gasteiger partial charge in [-0.2, -0.15) is 0 Å². The Balaban J connectivity index is 2.09. The molecule has 0 aliphatic heterocycles. The van der Waals surface area contributed by atoms with Crippen molar-refractivity contribution in [2.75, 3.05) is 5.43 Å². The molecule has 0 bridgehead atoms. The number of rotatable bonds is 5. The second kappa shape index (κ2) is 5.66. The van der Waals surface area contributed by atoms with Crippen LogP contribution >= 0.6 is 11.3 Å². The third-order valence-corrected chi connectivity index (χ3v) is 4.77. The first-order valence-corrected chi connectivity index (χ1v) is 7.79. The van der Waals surface area contributed by atoms with E-state index in [1.807, 2.05) is 6.92 Å². The third kappa shape index (κ3) is 3.51. The number of hydrazine groups is 1. The van der Waals surface area contributed by atoms with Gasteiger partial charge in [0.1, 0.15) is 0 Å². The van der Waals surface area contributed by atoms with Crippen molar-refractivity contribution in [3.8, 4) is 0 Å². The number of benzene rings is 1. The Bertz CT molecular complexity index is 650. The van der Waals surface area contributed by atoms with Crippen LogP contribution in [0.5, 0.6) is 0 Å². The van der Waals surface area contributed by atoms with Crippen LogP contribution in [0.2, 0.25) is 0 Å². The molecule has 6 nitrogen and oxygen atoms in total. The summed E-state index contributed by atoms with van der Waals surface area (Å²) in [5.74, 6) is 5.23. The predicted molar refractivity (Wildman–Crippen MR) is 75.1 cm³/mol. The van der Waals surface area contributed by atoms with Crippen LogP contribution in [0.15, 0.2) is 35.4 Å². The van der Waals surface area contributed by atoms with Crippen LogP contribution in [0.25, 0.3) is 0 Å². The van der Waals surface area contributed by atoms with Crippen molar-refractivity contribution in [1.82, 2.24) is 9.71 Å². The van der Waals surface area contributed by atoms with Gasteiger partial charge < -0.3 is 5.43 Å². The largest absolute Gasteiger partial charge is 0.324 e. The average Bonchev–Trinajstić information content (AvgIpc) is 2.82. The summed E-state index contributed by atoms with van der Waals surface area (Å²) in [6.07, 6.45) is 1.67. The second-order valence-corrected chi connectivity index (χ2v) is 6.93. The first kappa shape index (κ1) is 13.9. The number of anilines is 1. The van der Waals surface area contributed by atoms with E-state index in [0.717, 1.165) is 9.88 Å². The number of sulfonamides is 1. The first-order valence-electron chi connectivity index (χ1n) is 5.49. The summed E-state index contributed by atoms with van der Waals surface area (Å²) in [7, 11) is -3.51. The van der Waals surface area contributed by atoms with Crippen LogP contribution in [0.1, 0.15) is 9.88 Å². The van der Waals surface area contributed by atoms with Crippen LogP contribution in [-0.2, 0) is 16.6 Å². The zero-order valence-electron chi connectivity index (χ0n) is 10.3. The Morgan fingerprint density at radius 1 is 1.32 bits per heavy atom. The number of nitrogens with zero attached hydrogens (tertiary/aromatic N) is 1. The maximum atomic E-state index is 12.0. The van der Waals surface area contributed by atoms with Crippen molar-refractivity contribution < 1.29 is 8.42 Å². The summed E-state index contributed by atoms with van der Waals surface area (Å²) < 4.78 is 26.6. The molecule has 0 saturated carbocycles. The number of nitrogen functional groups attached to an aromatic ring is 1. The summed E-state index contributed by atoms with van der Waals surface area (Å²) in [6.45, 7) is 2.12. The number of nitrogens with one attached hydrogen (secondary N) is 2. The Morgan fingerprint density at radius 3 is 2.53 bits per heavy atom. The molecule has 0 spiro atoms. The van der Waals surface area contributed by atoms with E-state index in [9.17, 15) is 8.42 Å². The smallest absolute Gasteiger partial charge is 0.240 e. The van der Waals surface area contributed by atoms with E-state index in [2.05, 4.69) is 15.1 Å². The highest BCUT2D eigenvalue weighted by atomic mass is 32.2. The fourth-order valence-corrected chi connectivity index (χ4v) is 3.30. The fraction of sp³-hybridized carbons (Fsp3) is 0.182. The molecule has 0 fully saturated rings. The van der Waals surface area contributed by atoms with Crippen LogP contribution in [0.4, 0.5) is 5.69 Å². The van der Waals surface area contributed by atoms with E-state index >= 15 is 0 Å². The van der Waals surface area contributed by atoms with Gasteiger partial charge in [0.2, 0.25) is 10.0 Å². The molecule has 0 amide bonds. The molecule has 2 rings (SSSR count). The lowest BCUT2D eigenvalue weighted by molar-refractivity contribution is 0.582. The lowest BCUT2D eigenvalue weighted by Gasteiger charge is -2.06.